The molecule has 0 N–H and O–H groups in total. The molecule has 3 heterocycles. The van der Waals surface area contributed by atoms with Crippen molar-refractivity contribution in [3.8, 4) is 28.3 Å². The van der Waals surface area contributed by atoms with Gasteiger partial charge in [-0.3, -0.25) is 0 Å². The summed E-state index contributed by atoms with van der Waals surface area (Å²) in [6.45, 7) is 0. The van der Waals surface area contributed by atoms with Crippen LogP contribution in [0, 0.1) is 0 Å². The predicted octanol–water partition coefficient (Wildman–Crippen LogP) is 13.9. The van der Waals surface area contributed by atoms with E-state index in [0.29, 0.717) is 5.89 Å². The molecule has 0 spiro atoms. The fraction of sp³-hybridized carbons (Fsp3) is 0.0577. The molecule has 0 aliphatic rings. The number of hydrogen-bond donors (Lipinski definition) is 0. The molecular formula is C52H36N2O2. The van der Waals surface area contributed by atoms with Crippen LogP contribution in [0.15, 0.2) is 197 Å². The zero-order valence-corrected chi connectivity index (χ0v) is 30.6. The van der Waals surface area contributed by atoms with Crippen LogP contribution in [-0.2, 0) is 6.42 Å². The number of furan rings is 1. The molecule has 266 valence electrons. The number of benzene rings is 8. The molecule has 0 saturated heterocycles. The van der Waals surface area contributed by atoms with Crippen molar-refractivity contribution in [2.75, 3.05) is 0 Å². The van der Waals surface area contributed by atoms with E-state index in [1.165, 1.54) is 44.1 Å². The van der Waals surface area contributed by atoms with Crippen molar-refractivity contribution in [2.45, 2.75) is 18.8 Å². The highest BCUT2D eigenvalue weighted by Crippen LogP contribution is 2.45. The van der Waals surface area contributed by atoms with Gasteiger partial charge in [0.1, 0.15) is 16.7 Å². The van der Waals surface area contributed by atoms with Crippen molar-refractivity contribution in [3.05, 3.63) is 205 Å². The smallest absolute Gasteiger partial charge is 0.227 e. The molecule has 4 nitrogen and oxygen atoms in total. The molecule has 8 aromatic carbocycles. The fourth-order valence-corrected chi connectivity index (χ4v) is 8.67. The third kappa shape index (κ3) is 5.41. The van der Waals surface area contributed by atoms with Crippen molar-refractivity contribution in [1.82, 2.24) is 9.55 Å². The maximum Gasteiger partial charge on any atom is 0.227 e. The average Bonchev–Trinajstić information content (AvgIpc) is 3.97. The van der Waals surface area contributed by atoms with Crippen molar-refractivity contribution in [1.29, 1.82) is 0 Å². The number of aryl methyl sites for hydroxylation is 1. The summed E-state index contributed by atoms with van der Waals surface area (Å²) in [4.78, 5) is 5.14. The summed E-state index contributed by atoms with van der Waals surface area (Å²) in [5, 5.41) is 4.46. The second-order valence-corrected chi connectivity index (χ2v) is 14.6. The topological polar surface area (TPSA) is 44.1 Å². The minimum atomic E-state index is -0.0112. The highest BCUT2D eigenvalue weighted by Gasteiger charge is 2.26. The molecule has 11 rings (SSSR count). The highest BCUT2D eigenvalue weighted by atomic mass is 16.4. The lowest BCUT2D eigenvalue weighted by Gasteiger charge is -2.20. The van der Waals surface area contributed by atoms with Gasteiger partial charge < -0.3 is 13.4 Å². The second kappa shape index (κ2) is 13.3. The molecule has 4 heteroatoms. The third-order valence-electron chi connectivity index (χ3n) is 11.3. The van der Waals surface area contributed by atoms with Crippen LogP contribution in [-0.4, -0.2) is 9.55 Å². The van der Waals surface area contributed by atoms with Crippen LogP contribution in [0.2, 0.25) is 0 Å². The summed E-state index contributed by atoms with van der Waals surface area (Å²) in [5.41, 5.74) is 13.8. The summed E-state index contributed by atoms with van der Waals surface area (Å²) in [6.07, 6.45) is 1.74. The second-order valence-electron chi connectivity index (χ2n) is 14.6. The molecular weight excluding hydrogens is 685 g/mol. The van der Waals surface area contributed by atoms with E-state index in [4.69, 9.17) is 13.8 Å². The first kappa shape index (κ1) is 32.3. The molecule has 0 bridgehead atoms. The minimum absolute atomic E-state index is 0.0112. The Kier molecular flexibility index (Phi) is 7.66. The number of rotatable bonds is 8. The monoisotopic (exact) mass is 720 g/mol. The van der Waals surface area contributed by atoms with E-state index in [-0.39, 0.29) is 5.92 Å². The van der Waals surface area contributed by atoms with Gasteiger partial charge in [-0.2, -0.15) is 0 Å². The lowest BCUT2D eigenvalue weighted by Crippen LogP contribution is -2.05. The van der Waals surface area contributed by atoms with E-state index in [2.05, 4.69) is 150 Å². The molecule has 3 aromatic heterocycles. The Hall–Kier alpha value is -7.17. The van der Waals surface area contributed by atoms with Crippen LogP contribution >= 0.6 is 0 Å². The Morgan fingerprint density at radius 2 is 1.18 bits per heavy atom. The zero-order chi connectivity index (χ0) is 37.0. The predicted molar refractivity (Wildman–Crippen MR) is 230 cm³/mol. The van der Waals surface area contributed by atoms with Gasteiger partial charge in [-0.25, -0.2) is 4.98 Å². The van der Waals surface area contributed by atoms with Crippen molar-refractivity contribution in [2.24, 2.45) is 0 Å². The lowest BCUT2D eigenvalue weighted by molar-refractivity contribution is 0.621. The standard InChI is InChI=1S/C52H36N2O2/c1-4-16-35(17-5-1)37-20-14-15-34(31-37)27-29-40(38-28-30-47-43(32-38)41-23-10-12-25-46(41)54(47)39-21-8-3-9-22-39)44-33-45-51(56-52(53-45)36-18-6-2-7-19-36)49-42-24-11-13-26-48(42)55-50(44)49/h1-26,28,30-33,40H,27,29H2. The Morgan fingerprint density at radius 3 is 2.00 bits per heavy atom. The number of aromatic nitrogens is 2. The molecule has 0 fully saturated rings. The van der Waals surface area contributed by atoms with E-state index in [0.717, 1.165) is 62.7 Å². The molecule has 0 amide bonds. The van der Waals surface area contributed by atoms with Crippen LogP contribution in [0.4, 0.5) is 0 Å². The van der Waals surface area contributed by atoms with Gasteiger partial charge >= 0.3 is 0 Å². The normalized spacial score (nSPS) is 12.4. The van der Waals surface area contributed by atoms with Gasteiger partial charge in [-0.1, -0.05) is 133 Å². The number of nitrogens with zero attached hydrogens (tertiary/aromatic N) is 2. The molecule has 0 saturated carbocycles. The third-order valence-corrected chi connectivity index (χ3v) is 11.3. The Bertz CT molecular complexity index is 3190. The maximum atomic E-state index is 6.87. The van der Waals surface area contributed by atoms with E-state index in [1.807, 2.05) is 42.5 Å². The number of fused-ring (bicyclic) bond motifs is 8. The minimum Gasteiger partial charge on any atom is -0.456 e. The molecule has 0 radical (unpaired) electrons. The lowest BCUT2D eigenvalue weighted by atomic mass is 9.84. The molecule has 0 aliphatic carbocycles. The number of hydrogen-bond acceptors (Lipinski definition) is 3. The van der Waals surface area contributed by atoms with Crippen LogP contribution in [0.25, 0.3) is 83.1 Å². The Labute approximate surface area is 323 Å². The first-order valence-electron chi connectivity index (χ1n) is 19.3. The number of para-hydroxylation sites is 3. The van der Waals surface area contributed by atoms with Crippen molar-refractivity contribution >= 4 is 54.8 Å². The molecule has 1 unspecified atom stereocenters. The van der Waals surface area contributed by atoms with Gasteiger partial charge in [-0.15, -0.1) is 0 Å². The molecule has 1 atom stereocenters. The van der Waals surface area contributed by atoms with Gasteiger partial charge in [0.05, 0.1) is 16.4 Å². The van der Waals surface area contributed by atoms with Gasteiger partial charge in [-0.05, 0) is 89.7 Å². The molecule has 0 aliphatic heterocycles. The SMILES string of the molecule is c1ccc(-c2cccc(CCC(c3ccc4c(c3)c3ccccc3n4-c3ccccc3)c3cc4nc(-c5ccccc5)oc4c4c3oc3ccccc34)c2)cc1. The van der Waals surface area contributed by atoms with Crippen LogP contribution in [0.5, 0.6) is 0 Å². The van der Waals surface area contributed by atoms with Gasteiger partial charge in [0.25, 0.3) is 0 Å². The van der Waals surface area contributed by atoms with E-state index in [1.54, 1.807) is 0 Å². The van der Waals surface area contributed by atoms with Gasteiger partial charge in [0.15, 0.2) is 5.58 Å². The quantitative estimate of drug-likeness (QED) is 0.157. The van der Waals surface area contributed by atoms with E-state index in [9.17, 15) is 0 Å². The van der Waals surface area contributed by atoms with Gasteiger partial charge in [0.2, 0.25) is 5.89 Å². The number of oxazole rings is 1. The summed E-state index contributed by atoms with van der Waals surface area (Å²) >= 11 is 0. The summed E-state index contributed by atoms with van der Waals surface area (Å²) in [7, 11) is 0. The first-order valence-corrected chi connectivity index (χ1v) is 19.3. The Morgan fingerprint density at radius 1 is 0.500 bits per heavy atom. The summed E-state index contributed by atoms with van der Waals surface area (Å²) in [6, 6.07) is 66.7. The fourth-order valence-electron chi connectivity index (χ4n) is 8.67. The van der Waals surface area contributed by atoms with Crippen molar-refractivity contribution < 1.29 is 8.83 Å². The maximum absolute atomic E-state index is 6.87. The highest BCUT2D eigenvalue weighted by molar-refractivity contribution is 6.17. The zero-order valence-electron chi connectivity index (χ0n) is 30.6. The molecule has 56 heavy (non-hydrogen) atoms. The van der Waals surface area contributed by atoms with E-state index >= 15 is 0 Å². The van der Waals surface area contributed by atoms with E-state index < -0.39 is 0 Å². The Balaban J connectivity index is 1.13. The van der Waals surface area contributed by atoms with Crippen LogP contribution < -0.4 is 0 Å². The first-order chi connectivity index (χ1) is 27.8. The van der Waals surface area contributed by atoms with Crippen LogP contribution in [0.3, 0.4) is 0 Å². The summed E-state index contributed by atoms with van der Waals surface area (Å²) < 4.78 is 15.9. The average molecular weight is 721 g/mol. The molecule has 11 aromatic rings. The van der Waals surface area contributed by atoms with Crippen LogP contribution in [0.1, 0.15) is 29.0 Å². The summed E-state index contributed by atoms with van der Waals surface area (Å²) in [5.74, 6) is 0.594. The van der Waals surface area contributed by atoms with Gasteiger partial charge in [0, 0.05) is 38.9 Å². The van der Waals surface area contributed by atoms with Crippen molar-refractivity contribution in [3.63, 3.8) is 0 Å². The largest absolute Gasteiger partial charge is 0.456 e.